The summed E-state index contributed by atoms with van der Waals surface area (Å²) in [5, 5.41) is 0. The number of unbranched alkanes of at least 4 members (excludes halogenated alkanes) is 20. The third-order valence-corrected chi connectivity index (χ3v) is 12.8. The normalized spacial score (nSPS) is 13.1. The lowest BCUT2D eigenvalue weighted by Crippen LogP contribution is -2.30. The molecule has 0 amide bonds. The molecular formula is C71H114O6. The molecule has 0 heterocycles. The Labute approximate surface area is 474 Å². The lowest BCUT2D eigenvalue weighted by molar-refractivity contribution is -0.167. The van der Waals surface area contributed by atoms with Crippen LogP contribution in [0.5, 0.6) is 0 Å². The summed E-state index contributed by atoms with van der Waals surface area (Å²) in [4.78, 5) is 38.2. The van der Waals surface area contributed by atoms with E-state index in [4.69, 9.17) is 14.2 Å². The van der Waals surface area contributed by atoms with Gasteiger partial charge in [-0.25, -0.2) is 0 Å². The smallest absolute Gasteiger partial charge is 0.306 e. The Morgan fingerprint density at radius 1 is 0.273 bits per heavy atom. The van der Waals surface area contributed by atoms with Crippen LogP contribution in [0.1, 0.15) is 265 Å². The van der Waals surface area contributed by atoms with Gasteiger partial charge in [-0.05, 0) is 122 Å². The SMILES string of the molecule is CC/C=C\C/C=C\C/C=C\C/C=C\C/C=C\C/C=C\C/C=C\C/C=C\CCCCCCC(=O)OCC(COC(=O)CCCCCCCCCCCCCCCCC)OC(=O)CCCC/C=C\C/C=C\C/C=C\C/C=C\CC. The van der Waals surface area contributed by atoms with Gasteiger partial charge in [0.1, 0.15) is 13.2 Å². The van der Waals surface area contributed by atoms with Crippen molar-refractivity contribution in [2.75, 3.05) is 13.2 Å². The number of esters is 3. The van der Waals surface area contributed by atoms with Crippen molar-refractivity contribution in [3.63, 3.8) is 0 Å². The Bertz CT molecular complexity index is 1700. The fourth-order valence-corrected chi connectivity index (χ4v) is 8.21. The largest absolute Gasteiger partial charge is 0.462 e. The lowest BCUT2D eigenvalue weighted by Gasteiger charge is -2.18. The monoisotopic (exact) mass is 1060 g/mol. The molecule has 0 rings (SSSR count). The molecule has 0 saturated carbocycles. The van der Waals surface area contributed by atoms with E-state index in [0.29, 0.717) is 19.3 Å². The highest BCUT2D eigenvalue weighted by atomic mass is 16.6. The van der Waals surface area contributed by atoms with Crippen LogP contribution in [0.25, 0.3) is 0 Å². The van der Waals surface area contributed by atoms with Crippen molar-refractivity contribution in [3.05, 3.63) is 146 Å². The van der Waals surface area contributed by atoms with Gasteiger partial charge in [-0.3, -0.25) is 14.4 Å². The van der Waals surface area contributed by atoms with E-state index < -0.39 is 6.10 Å². The van der Waals surface area contributed by atoms with Crippen LogP contribution >= 0.6 is 0 Å². The van der Waals surface area contributed by atoms with Gasteiger partial charge in [0.15, 0.2) is 6.10 Å². The van der Waals surface area contributed by atoms with E-state index in [2.05, 4.69) is 167 Å². The number of ether oxygens (including phenoxy) is 3. The van der Waals surface area contributed by atoms with Gasteiger partial charge in [0.05, 0.1) is 0 Å². The first-order valence-corrected chi connectivity index (χ1v) is 31.3. The quantitative estimate of drug-likeness (QED) is 0.0261. The molecule has 434 valence electrons. The second kappa shape index (κ2) is 63.8. The first-order valence-electron chi connectivity index (χ1n) is 31.3. The van der Waals surface area contributed by atoms with Crippen molar-refractivity contribution in [1.29, 1.82) is 0 Å². The predicted molar refractivity (Wildman–Crippen MR) is 334 cm³/mol. The van der Waals surface area contributed by atoms with Crippen LogP contribution in [0.3, 0.4) is 0 Å². The van der Waals surface area contributed by atoms with Gasteiger partial charge in [-0.15, -0.1) is 0 Å². The summed E-state index contributed by atoms with van der Waals surface area (Å²) in [5.41, 5.74) is 0. The minimum Gasteiger partial charge on any atom is -0.462 e. The topological polar surface area (TPSA) is 78.9 Å². The summed E-state index contributed by atoms with van der Waals surface area (Å²) in [5.74, 6) is -0.974. The van der Waals surface area contributed by atoms with Crippen molar-refractivity contribution < 1.29 is 28.6 Å². The van der Waals surface area contributed by atoms with Gasteiger partial charge in [0.25, 0.3) is 0 Å². The van der Waals surface area contributed by atoms with E-state index in [1.165, 1.54) is 77.0 Å². The highest BCUT2D eigenvalue weighted by molar-refractivity contribution is 5.71. The molecule has 0 aromatic rings. The average Bonchev–Trinajstić information content (AvgIpc) is 3.43. The van der Waals surface area contributed by atoms with Crippen LogP contribution in [-0.4, -0.2) is 37.2 Å². The van der Waals surface area contributed by atoms with Crippen LogP contribution in [0.15, 0.2) is 146 Å². The summed E-state index contributed by atoms with van der Waals surface area (Å²) in [6.45, 7) is 6.36. The van der Waals surface area contributed by atoms with Crippen LogP contribution in [0.2, 0.25) is 0 Å². The Balaban J connectivity index is 4.43. The predicted octanol–water partition coefficient (Wildman–Crippen LogP) is 21.5. The second-order valence-electron chi connectivity index (χ2n) is 20.2. The third-order valence-electron chi connectivity index (χ3n) is 12.8. The molecule has 6 nitrogen and oxygen atoms in total. The van der Waals surface area contributed by atoms with Crippen LogP contribution in [0, 0.1) is 0 Å². The van der Waals surface area contributed by atoms with Crippen molar-refractivity contribution >= 4 is 17.9 Å². The van der Waals surface area contributed by atoms with E-state index in [9.17, 15) is 14.4 Å². The molecule has 6 heteroatoms. The fraction of sp³-hybridized carbons (Fsp3) is 0.620. The van der Waals surface area contributed by atoms with Gasteiger partial charge >= 0.3 is 17.9 Å². The summed E-state index contributed by atoms with van der Waals surface area (Å²) in [7, 11) is 0. The lowest BCUT2D eigenvalue weighted by atomic mass is 10.0. The number of hydrogen-bond donors (Lipinski definition) is 0. The molecule has 0 aromatic carbocycles. The van der Waals surface area contributed by atoms with Gasteiger partial charge in [0.2, 0.25) is 0 Å². The first kappa shape index (κ1) is 72.3. The average molecular weight is 1060 g/mol. The number of carbonyl (C=O) groups excluding carboxylic acids is 3. The summed E-state index contributed by atoms with van der Waals surface area (Å²) in [6.07, 6.45) is 91.4. The zero-order valence-corrected chi connectivity index (χ0v) is 49.7. The van der Waals surface area contributed by atoms with E-state index in [0.717, 1.165) is 141 Å². The van der Waals surface area contributed by atoms with Gasteiger partial charge in [0, 0.05) is 19.3 Å². The first-order chi connectivity index (χ1) is 38.0. The number of allylic oxidation sites excluding steroid dienone is 24. The van der Waals surface area contributed by atoms with Crippen molar-refractivity contribution in [1.82, 2.24) is 0 Å². The van der Waals surface area contributed by atoms with E-state index in [-0.39, 0.29) is 37.5 Å². The standard InChI is InChI=1S/C71H114O6/c1-4-7-10-13-16-19-22-25-28-29-30-31-32-33-34-35-36-37-38-39-40-41-44-46-49-52-55-58-61-64-70(73)76-67-68(77-71(74)65-62-59-56-53-50-47-43-27-24-21-18-15-12-9-6-3)66-75-69(72)63-60-57-54-51-48-45-42-26-23-20-17-14-11-8-5-2/h7,9-10,12,16,18-19,21,25,27-28,30-31,33-34,36-37,39-40,43-44,46,50,53,68H,4-6,8,11,13-15,17,20,22-24,26,29,32,35,38,41-42,45,47-49,51-52,54-67H2,1-3H3/b10-7-,12-9-,19-16-,21-18-,28-25-,31-30-,34-33-,37-36-,40-39-,43-27-,46-44-,53-50-. The van der Waals surface area contributed by atoms with E-state index in [1.54, 1.807) is 0 Å². The highest BCUT2D eigenvalue weighted by Gasteiger charge is 2.19. The maximum absolute atomic E-state index is 12.9. The summed E-state index contributed by atoms with van der Waals surface area (Å²) in [6, 6.07) is 0. The number of rotatable bonds is 55. The Hall–Kier alpha value is -4.71. The zero-order valence-electron chi connectivity index (χ0n) is 49.7. The Morgan fingerprint density at radius 2 is 0.506 bits per heavy atom. The van der Waals surface area contributed by atoms with Crippen molar-refractivity contribution in [2.45, 2.75) is 271 Å². The number of hydrogen-bond acceptors (Lipinski definition) is 6. The number of carbonyl (C=O) groups is 3. The summed E-state index contributed by atoms with van der Waals surface area (Å²) < 4.78 is 16.8. The van der Waals surface area contributed by atoms with Crippen LogP contribution < -0.4 is 0 Å². The molecule has 77 heavy (non-hydrogen) atoms. The van der Waals surface area contributed by atoms with Crippen LogP contribution in [-0.2, 0) is 28.6 Å². The molecule has 1 unspecified atom stereocenters. The van der Waals surface area contributed by atoms with Gasteiger partial charge < -0.3 is 14.2 Å². The zero-order chi connectivity index (χ0) is 55.7. The van der Waals surface area contributed by atoms with Gasteiger partial charge in [-0.2, -0.15) is 0 Å². The van der Waals surface area contributed by atoms with E-state index >= 15 is 0 Å². The maximum Gasteiger partial charge on any atom is 0.306 e. The van der Waals surface area contributed by atoms with Gasteiger partial charge in [-0.1, -0.05) is 269 Å². The minimum absolute atomic E-state index is 0.106. The molecule has 0 N–H and O–H groups in total. The second-order valence-corrected chi connectivity index (χ2v) is 20.2. The van der Waals surface area contributed by atoms with Crippen LogP contribution in [0.4, 0.5) is 0 Å². The van der Waals surface area contributed by atoms with Crippen molar-refractivity contribution in [2.24, 2.45) is 0 Å². The molecule has 1 atom stereocenters. The molecule has 0 aromatic heterocycles. The highest BCUT2D eigenvalue weighted by Crippen LogP contribution is 2.15. The van der Waals surface area contributed by atoms with Crippen molar-refractivity contribution in [3.8, 4) is 0 Å². The molecule has 0 fully saturated rings. The molecule has 0 aliphatic carbocycles. The molecule has 0 aliphatic rings. The molecule has 0 aliphatic heterocycles. The molecule has 0 bridgehead atoms. The molecule has 0 radical (unpaired) electrons. The maximum atomic E-state index is 12.9. The Kier molecular flexibility index (Phi) is 59.9. The minimum atomic E-state index is -0.816. The third kappa shape index (κ3) is 62.0. The Morgan fingerprint density at radius 3 is 0.818 bits per heavy atom. The summed E-state index contributed by atoms with van der Waals surface area (Å²) >= 11 is 0. The van der Waals surface area contributed by atoms with E-state index in [1.807, 2.05) is 0 Å². The molecule has 0 saturated heterocycles. The fourth-order valence-electron chi connectivity index (χ4n) is 8.21. The molecule has 0 spiro atoms. The molecular weight excluding hydrogens is 949 g/mol.